The van der Waals surface area contributed by atoms with Gasteiger partial charge in [0, 0.05) is 17.9 Å². The molecule has 132 valence electrons. The van der Waals surface area contributed by atoms with E-state index in [4.69, 9.17) is 23.2 Å². The van der Waals surface area contributed by atoms with Gasteiger partial charge >= 0.3 is 0 Å². The summed E-state index contributed by atoms with van der Waals surface area (Å²) in [6, 6.07) is 8.23. The van der Waals surface area contributed by atoms with E-state index in [0.29, 0.717) is 11.6 Å². The fraction of sp³-hybridized carbons (Fsp3) is 0.176. The van der Waals surface area contributed by atoms with Crippen LogP contribution in [-0.2, 0) is 4.79 Å². The molecule has 1 aliphatic heterocycles. The van der Waals surface area contributed by atoms with E-state index >= 15 is 0 Å². The number of carbonyl (C=O) groups excluding carboxylic acids is 1. The van der Waals surface area contributed by atoms with Crippen molar-refractivity contribution in [3.05, 3.63) is 57.3 Å². The van der Waals surface area contributed by atoms with Gasteiger partial charge in [-0.05, 0) is 36.8 Å². The minimum atomic E-state index is -0.231. The van der Waals surface area contributed by atoms with Gasteiger partial charge < -0.3 is 10.4 Å². The van der Waals surface area contributed by atoms with Crippen LogP contribution in [0.25, 0.3) is 5.82 Å². The summed E-state index contributed by atoms with van der Waals surface area (Å²) >= 11 is 11.8. The maximum Gasteiger partial charge on any atom is 0.226 e. The van der Waals surface area contributed by atoms with Crippen LogP contribution in [0.1, 0.15) is 29.2 Å². The number of rotatable bonds is 2. The predicted molar refractivity (Wildman–Crippen MR) is 97.1 cm³/mol. The van der Waals surface area contributed by atoms with Gasteiger partial charge in [-0.2, -0.15) is 9.78 Å². The third-order valence-corrected chi connectivity index (χ3v) is 4.82. The van der Waals surface area contributed by atoms with Crippen molar-refractivity contribution in [2.75, 3.05) is 5.32 Å². The van der Waals surface area contributed by atoms with Crippen molar-refractivity contribution in [1.29, 1.82) is 0 Å². The van der Waals surface area contributed by atoms with E-state index in [1.165, 1.54) is 6.07 Å². The highest BCUT2D eigenvalue weighted by Gasteiger charge is 2.33. The zero-order chi connectivity index (χ0) is 18.4. The molecule has 0 saturated heterocycles. The Morgan fingerprint density at radius 3 is 2.73 bits per heavy atom. The minimum Gasteiger partial charge on any atom is -0.506 e. The number of nitrogens with zero attached hydrogens (tertiary/aromatic N) is 4. The van der Waals surface area contributed by atoms with Crippen molar-refractivity contribution in [3.8, 4) is 11.6 Å². The topological polar surface area (TPSA) is 92.9 Å². The van der Waals surface area contributed by atoms with Crippen molar-refractivity contribution < 1.29 is 9.90 Å². The molecule has 7 nitrogen and oxygen atoms in total. The van der Waals surface area contributed by atoms with Gasteiger partial charge in [0.1, 0.15) is 11.6 Å². The highest BCUT2D eigenvalue weighted by Crippen LogP contribution is 2.41. The zero-order valence-corrected chi connectivity index (χ0v) is 15.1. The monoisotopic (exact) mass is 389 g/mol. The summed E-state index contributed by atoms with van der Waals surface area (Å²) in [7, 11) is 0. The molecule has 0 unspecified atom stereocenters. The van der Waals surface area contributed by atoms with Crippen molar-refractivity contribution in [2.24, 2.45) is 0 Å². The molecule has 2 aromatic heterocycles. The Bertz CT molecular complexity index is 1020. The number of anilines is 1. The Labute approximate surface area is 158 Å². The Morgan fingerprint density at radius 1 is 1.23 bits per heavy atom. The van der Waals surface area contributed by atoms with Crippen molar-refractivity contribution >= 4 is 34.9 Å². The average Bonchev–Trinajstić information content (AvgIpc) is 2.94. The molecule has 0 aliphatic carbocycles. The van der Waals surface area contributed by atoms with E-state index in [-0.39, 0.29) is 34.2 Å². The average molecular weight is 390 g/mol. The third kappa shape index (κ3) is 2.79. The van der Waals surface area contributed by atoms with Crippen LogP contribution in [0.3, 0.4) is 0 Å². The van der Waals surface area contributed by atoms with E-state index in [0.717, 1.165) is 16.8 Å². The van der Waals surface area contributed by atoms with E-state index in [9.17, 15) is 9.90 Å². The highest BCUT2D eigenvalue weighted by molar-refractivity contribution is 6.32. The lowest BCUT2D eigenvalue weighted by molar-refractivity contribution is -0.116. The number of aromatic nitrogens is 4. The minimum absolute atomic E-state index is 0.000225. The molecule has 0 radical (unpaired) electrons. The first-order valence-corrected chi connectivity index (χ1v) is 8.57. The van der Waals surface area contributed by atoms with Crippen molar-refractivity contribution in [3.63, 3.8) is 0 Å². The number of hydrogen-bond acceptors (Lipinski definition) is 5. The maximum absolute atomic E-state index is 12.3. The maximum atomic E-state index is 12.3. The van der Waals surface area contributed by atoms with E-state index < -0.39 is 0 Å². The number of phenolic OH excluding ortho intramolecular Hbond substituents is 1. The molecule has 1 aliphatic rings. The molecule has 0 bridgehead atoms. The summed E-state index contributed by atoms with van der Waals surface area (Å²) < 4.78 is 1.54. The van der Waals surface area contributed by atoms with Gasteiger partial charge in [-0.1, -0.05) is 29.3 Å². The molecule has 4 rings (SSSR count). The molecule has 1 amide bonds. The molecule has 3 aromatic rings. The largest absolute Gasteiger partial charge is 0.506 e. The van der Waals surface area contributed by atoms with Crippen molar-refractivity contribution in [2.45, 2.75) is 19.3 Å². The molecule has 9 heteroatoms. The van der Waals surface area contributed by atoms with E-state index in [1.54, 1.807) is 28.9 Å². The third-order valence-electron chi connectivity index (χ3n) is 4.31. The lowest BCUT2D eigenvalue weighted by Gasteiger charge is -2.24. The molecule has 0 fully saturated rings. The second kappa shape index (κ2) is 6.26. The Kier molecular flexibility index (Phi) is 4.05. The van der Waals surface area contributed by atoms with Gasteiger partial charge in [-0.3, -0.25) is 4.79 Å². The lowest BCUT2D eigenvalue weighted by atomic mass is 9.86. The fourth-order valence-electron chi connectivity index (χ4n) is 3.16. The molecule has 26 heavy (non-hydrogen) atoms. The van der Waals surface area contributed by atoms with E-state index in [2.05, 4.69) is 20.6 Å². The molecule has 2 N–H and O–H groups in total. The van der Waals surface area contributed by atoms with Gasteiger partial charge in [0.2, 0.25) is 5.91 Å². The van der Waals surface area contributed by atoms with Crippen LogP contribution < -0.4 is 5.32 Å². The fourth-order valence-corrected chi connectivity index (χ4v) is 3.45. The number of nitrogens with one attached hydrogen (secondary N) is 1. The molecular weight excluding hydrogens is 377 g/mol. The summed E-state index contributed by atoms with van der Waals surface area (Å²) in [5.74, 6) is 0.619. The molecule has 1 aromatic carbocycles. The van der Waals surface area contributed by atoms with Crippen molar-refractivity contribution in [1.82, 2.24) is 20.0 Å². The Balaban J connectivity index is 1.86. The number of carbonyl (C=O) groups is 1. The standard InChI is InChI=1S/C17H13Cl2N5O2/c1-8-16-10(9-2-3-12(25)11(18)6-9)7-15(26)20-17(16)24(23-8)14-5-4-13(19)21-22-14/h2-6,10,25H,7H2,1H3,(H,20,26)/t10-/m0/s1. The number of aryl methyl sites for hydroxylation is 1. The summed E-state index contributed by atoms with van der Waals surface area (Å²) in [5, 5.41) is 25.4. The van der Waals surface area contributed by atoms with Gasteiger partial charge in [0.25, 0.3) is 0 Å². The van der Waals surface area contributed by atoms with Crippen LogP contribution in [0.4, 0.5) is 5.82 Å². The van der Waals surface area contributed by atoms with Gasteiger partial charge in [-0.25, -0.2) is 0 Å². The quantitative estimate of drug-likeness (QED) is 0.699. The number of aromatic hydroxyl groups is 1. The second-order valence-corrected chi connectivity index (χ2v) is 6.78. The Hall–Kier alpha value is -2.64. The highest BCUT2D eigenvalue weighted by atomic mass is 35.5. The number of amides is 1. The smallest absolute Gasteiger partial charge is 0.226 e. The normalized spacial score (nSPS) is 16.3. The molecule has 3 heterocycles. The van der Waals surface area contributed by atoms with Crippen LogP contribution in [0.15, 0.2) is 30.3 Å². The predicted octanol–water partition coefficient (Wildman–Crippen LogP) is 3.46. The molecule has 0 saturated carbocycles. The van der Waals surface area contributed by atoms with Crippen LogP contribution in [0.5, 0.6) is 5.75 Å². The number of hydrogen-bond donors (Lipinski definition) is 2. The summed E-state index contributed by atoms with van der Waals surface area (Å²) in [4.78, 5) is 12.3. The summed E-state index contributed by atoms with van der Waals surface area (Å²) in [6.07, 6.45) is 0.257. The van der Waals surface area contributed by atoms with Crippen LogP contribution in [0, 0.1) is 6.92 Å². The summed E-state index contributed by atoms with van der Waals surface area (Å²) in [5.41, 5.74) is 2.46. The lowest BCUT2D eigenvalue weighted by Crippen LogP contribution is -2.25. The number of fused-ring (bicyclic) bond motifs is 1. The first-order valence-electron chi connectivity index (χ1n) is 7.81. The molecule has 0 spiro atoms. The Morgan fingerprint density at radius 2 is 2.04 bits per heavy atom. The second-order valence-electron chi connectivity index (χ2n) is 5.99. The van der Waals surface area contributed by atoms with Gasteiger partial charge in [0.05, 0.1) is 10.7 Å². The first kappa shape index (κ1) is 16.8. The van der Waals surface area contributed by atoms with Crippen LogP contribution in [-0.4, -0.2) is 31.0 Å². The van der Waals surface area contributed by atoms with Crippen LogP contribution >= 0.6 is 23.2 Å². The number of halogens is 2. The number of phenols is 1. The SMILES string of the molecule is Cc1nn(-c2ccc(Cl)nn2)c2c1[C@H](c1ccc(O)c(Cl)c1)CC(=O)N2. The first-order chi connectivity index (χ1) is 12.4. The van der Waals surface area contributed by atoms with E-state index in [1.807, 2.05) is 6.92 Å². The zero-order valence-electron chi connectivity index (χ0n) is 13.6. The van der Waals surface area contributed by atoms with Gasteiger partial charge in [0.15, 0.2) is 11.0 Å². The number of benzene rings is 1. The summed E-state index contributed by atoms with van der Waals surface area (Å²) in [6.45, 7) is 1.87. The van der Waals surface area contributed by atoms with Crippen LogP contribution in [0.2, 0.25) is 10.2 Å². The molecular formula is C17H13Cl2N5O2. The van der Waals surface area contributed by atoms with Gasteiger partial charge in [-0.15, -0.1) is 10.2 Å². The molecule has 1 atom stereocenters.